The van der Waals surface area contributed by atoms with Gasteiger partial charge in [0, 0.05) is 11.8 Å². The highest BCUT2D eigenvalue weighted by atomic mass is 19.1. The number of aromatic nitrogens is 1. The average Bonchev–Trinajstić information content (AvgIpc) is 2.40. The van der Waals surface area contributed by atoms with Crippen molar-refractivity contribution < 1.29 is 13.9 Å². The molecule has 0 amide bonds. The van der Waals surface area contributed by atoms with Crippen LogP contribution in [0.1, 0.15) is 27.2 Å². The van der Waals surface area contributed by atoms with E-state index in [0.29, 0.717) is 11.3 Å². The monoisotopic (exact) mass is 259 g/mol. The number of rotatable bonds is 3. The molecule has 0 saturated carbocycles. The number of hydrogen-bond donors (Lipinski definition) is 0. The zero-order valence-electron chi connectivity index (χ0n) is 11.0. The van der Waals surface area contributed by atoms with Gasteiger partial charge in [-0.05, 0) is 49.2 Å². The van der Waals surface area contributed by atoms with Crippen LogP contribution in [0, 0.1) is 19.7 Å². The molecule has 0 saturated heterocycles. The first-order valence-corrected chi connectivity index (χ1v) is 5.85. The van der Waals surface area contributed by atoms with Crippen LogP contribution in [0.15, 0.2) is 30.5 Å². The summed E-state index contributed by atoms with van der Waals surface area (Å²) in [6.45, 7) is 3.62. The quantitative estimate of drug-likeness (QED) is 0.795. The third-order valence-electron chi connectivity index (χ3n) is 2.96. The van der Waals surface area contributed by atoms with Crippen molar-refractivity contribution in [2.75, 3.05) is 7.11 Å². The molecule has 0 bridgehead atoms. The number of methoxy groups -OCH3 is 1. The van der Waals surface area contributed by atoms with Crippen molar-refractivity contribution >= 4 is 5.78 Å². The first kappa shape index (κ1) is 13.2. The molecule has 98 valence electrons. The summed E-state index contributed by atoms with van der Waals surface area (Å²) in [7, 11) is 1.57. The van der Waals surface area contributed by atoms with Crippen LogP contribution in [-0.4, -0.2) is 17.9 Å². The number of ether oxygens (including phenoxy) is 1. The Morgan fingerprint density at radius 1 is 1.26 bits per heavy atom. The van der Waals surface area contributed by atoms with E-state index < -0.39 is 11.6 Å². The fourth-order valence-corrected chi connectivity index (χ4v) is 1.93. The molecule has 1 heterocycles. The minimum atomic E-state index is -0.611. The van der Waals surface area contributed by atoms with E-state index in [0.717, 1.165) is 11.1 Å². The Hall–Kier alpha value is -2.23. The highest BCUT2D eigenvalue weighted by Gasteiger charge is 2.18. The van der Waals surface area contributed by atoms with Crippen molar-refractivity contribution in [2.45, 2.75) is 13.8 Å². The molecule has 0 N–H and O–H groups in total. The summed E-state index contributed by atoms with van der Waals surface area (Å²) in [6.07, 6.45) is 1.40. The maximum Gasteiger partial charge on any atom is 0.214 e. The molecule has 0 radical (unpaired) electrons. The molecule has 1 aromatic carbocycles. The largest absolute Gasteiger partial charge is 0.496 e. The molecule has 0 atom stereocenters. The van der Waals surface area contributed by atoms with E-state index in [4.69, 9.17) is 4.74 Å². The normalized spacial score (nSPS) is 10.3. The highest BCUT2D eigenvalue weighted by molar-refractivity contribution is 6.09. The number of hydrogen-bond acceptors (Lipinski definition) is 3. The molecule has 0 unspecified atom stereocenters. The fourth-order valence-electron chi connectivity index (χ4n) is 1.93. The second kappa shape index (κ2) is 5.18. The van der Waals surface area contributed by atoms with Crippen molar-refractivity contribution in [1.29, 1.82) is 0 Å². The van der Waals surface area contributed by atoms with E-state index in [1.165, 1.54) is 18.3 Å². The summed E-state index contributed by atoms with van der Waals surface area (Å²) in [5.74, 6) is -0.322. The predicted molar refractivity (Wildman–Crippen MR) is 70.1 cm³/mol. The zero-order chi connectivity index (χ0) is 14.0. The lowest BCUT2D eigenvalue weighted by Crippen LogP contribution is -2.09. The molecule has 0 aliphatic rings. The number of benzene rings is 1. The molecule has 2 rings (SSSR count). The predicted octanol–water partition coefficient (Wildman–Crippen LogP) is 3.08. The van der Waals surface area contributed by atoms with E-state index in [1.807, 2.05) is 6.92 Å². The third kappa shape index (κ3) is 2.47. The molecule has 0 fully saturated rings. The van der Waals surface area contributed by atoms with Crippen LogP contribution in [0.4, 0.5) is 4.39 Å². The number of aryl methyl sites for hydroxylation is 2. The number of pyridine rings is 1. The summed E-state index contributed by atoms with van der Waals surface area (Å²) < 4.78 is 18.8. The Labute approximate surface area is 111 Å². The van der Waals surface area contributed by atoms with Crippen LogP contribution in [-0.2, 0) is 0 Å². The summed E-state index contributed by atoms with van der Waals surface area (Å²) in [5.41, 5.74) is 1.84. The van der Waals surface area contributed by atoms with Crippen molar-refractivity contribution in [2.24, 2.45) is 0 Å². The summed E-state index contributed by atoms with van der Waals surface area (Å²) >= 11 is 0. The minimum Gasteiger partial charge on any atom is -0.496 e. The topological polar surface area (TPSA) is 39.2 Å². The first-order valence-electron chi connectivity index (χ1n) is 5.85. The lowest BCUT2D eigenvalue weighted by Gasteiger charge is -2.10. The number of carbonyl (C=O) groups is 1. The van der Waals surface area contributed by atoms with Gasteiger partial charge in [-0.25, -0.2) is 9.37 Å². The lowest BCUT2D eigenvalue weighted by atomic mass is 9.99. The summed E-state index contributed by atoms with van der Waals surface area (Å²) in [6, 6.07) is 6.15. The molecule has 2 aromatic rings. The Morgan fingerprint density at radius 3 is 2.63 bits per heavy atom. The van der Waals surface area contributed by atoms with E-state index >= 15 is 0 Å². The van der Waals surface area contributed by atoms with E-state index in [9.17, 15) is 9.18 Å². The van der Waals surface area contributed by atoms with Gasteiger partial charge in [-0.1, -0.05) is 0 Å². The van der Waals surface area contributed by atoms with E-state index in [1.54, 1.807) is 26.2 Å². The van der Waals surface area contributed by atoms with Gasteiger partial charge in [0.2, 0.25) is 5.78 Å². The Morgan fingerprint density at radius 2 is 2.00 bits per heavy atom. The second-order valence-electron chi connectivity index (χ2n) is 4.30. The van der Waals surface area contributed by atoms with Crippen LogP contribution >= 0.6 is 0 Å². The van der Waals surface area contributed by atoms with Crippen LogP contribution in [0.3, 0.4) is 0 Å². The molecule has 19 heavy (non-hydrogen) atoms. The van der Waals surface area contributed by atoms with Crippen molar-refractivity contribution in [1.82, 2.24) is 4.98 Å². The first-order chi connectivity index (χ1) is 9.04. The van der Waals surface area contributed by atoms with E-state index in [-0.39, 0.29) is 5.69 Å². The van der Waals surface area contributed by atoms with Crippen LogP contribution in [0.5, 0.6) is 5.75 Å². The standard InChI is InChI=1S/C15H14FNO2/c1-9-8-13(19-3)10(2)7-11(9)15(18)14-12(16)5-4-6-17-14/h4-8H,1-3H3. The third-order valence-corrected chi connectivity index (χ3v) is 2.96. The van der Waals surface area contributed by atoms with Crippen molar-refractivity contribution in [3.63, 3.8) is 0 Å². The van der Waals surface area contributed by atoms with Gasteiger partial charge < -0.3 is 4.74 Å². The van der Waals surface area contributed by atoms with Gasteiger partial charge in [0.15, 0.2) is 5.82 Å². The van der Waals surface area contributed by atoms with Gasteiger partial charge in [-0.15, -0.1) is 0 Å². The number of halogens is 1. The van der Waals surface area contributed by atoms with Crippen molar-refractivity contribution in [3.05, 3.63) is 58.7 Å². The minimum absolute atomic E-state index is 0.157. The van der Waals surface area contributed by atoms with Crippen molar-refractivity contribution in [3.8, 4) is 5.75 Å². The fraction of sp³-hybridized carbons (Fsp3) is 0.200. The molecular weight excluding hydrogens is 245 g/mol. The molecule has 1 aromatic heterocycles. The molecule has 3 nitrogen and oxygen atoms in total. The van der Waals surface area contributed by atoms with Gasteiger partial charge in [-0.2, -0.15) is 0 Å². The molecule has 4 heteroatoms. The van der Waals surface area contributed by atoms with Gasteiger partial charge in [0.05, 0.1) is 7.11 Å². The van der Waals surface area contributed by atoms with Gasteiger partial charge in [0.25, 0.3) is 0 Å². The number of carbonyl (C=O) groups excluding carboxylic acids is 1. The van der Waals surface area contributed by atoms with Crippen LogP contribution in [0.25, 0.3) is 0 Å². The Balaban J connectivity index is 2.51. The van der Waals surface area contributed by atoms with Gasteiger partial charge in [-0.3, -0.25) is 4.79 Å². The lowest BCUT2D eigenvalue weighted by molar-refractivity contribution is 0.102. The second-order valence-corrected chi connectivity index (χ2v) is 4.30. The Bertz CT molecular complexity index is 638. The Kier molecular flexibility index (Phi) is 3.60. The molecular formula is C15H14FNO2. The smallest absolute Gasteiger partial charge is 0.214 e. The van der Waals surface area contributed by atoms with Crippen LogP contribution < -0.4 is 4.74 Å². The summed E-state index contributed by atoms with van der Waals surface area (Å²) in [5, 5.41) is 0. The highest BCUT2D eigenvalue weighted by Crippen LogP contribution is 2.24. The maximum atomic E-state index is 13.6. The zero-order valence-corrected chi connectivity index (χ0v) is 11.0. The maximum absolute atomic E-state index is 13.6. The van der Waals surface area contributed by atoms with Crippen LogP contribution in [0.2, 0.25) is 0 Å². The average molecular weight is 259 g/mol. The van der Waals surface area contributed by atoms with Gasteiger partial charge in [0.1, 0.15) is 11.4 Å². The SMILES string of the molecule is COc1cc(C)c(C(=O)c2ncccc2F)cc1C. The number of nitrogens with zero attached hydrogens (tertiary/aromatic N) is 1. The van der Waals surface area contributed by atoms with Gasteiger partial charge >= 0.3 is 0 Å². The summed E-state index contributed by atoms with van der Waals surface area (Å²) in [4.78, 5) is 16.1. The number of ketones is 1. The molecule has 0 aliphatic carbocycles. The molecule has 0 spiro atoms. The van der Waals surface area contributed by atoms with E-state index in [2.05, 4.69) is 4.98 Å². The molecule has 0 aliphatic heterocycles.